The standard InChI is InChI=1S/C6H8N4O3S/c7-2-4-14(11,12)9-3-1-6-8-5-13-10-6/h5,9H,1,3-4H2. The maximum absolute atomic E-state index is 11.0. The molecule has 0 amide bonds. The molecule has 8 heteroatoms. The Balaban J connectivity index is 2.32. The van der Waals surface area contributed by atoms with Gasteiger partial charge < -0.3 is 4.52 Å². The Hall–Kier alpha value is -1.46. The Morgan fingerprint density at radius 3 is 3.00 bits per heavy atom. The van der Waals surface area contributed by atoms with Crippen molar-refractivity contribution in [3.63, 3.8) is 0 Å². The van der Waals surface area contributed by atoms with E-state index in [2.05, 4.69) is 19.4 Å². The fraction of sp³-hybridized carbons (Fsp3) is 0.500. The Morgan fingerprint density at radius 2 is 2.43 bits per heavy atom. The van der Waals surface area contributed by atoms with Gasteiger partial charge in [0, 0.05) is 13.0 Å². The van der Waals surface area contributed by atoms with Crippen LogP contribution in [0.2, 0.25) is 0 Å². The molecule has 14 heavy (non-hydrogen) atoms. The van der Waals surface area contributed by atoms with E-state index in [0.717, 1.165) is 0 Å². The van der Waals surface area contributed by atoms with E-state index in [0.29, 0.717) is 12.2 Å². The van der Waals surface area contributed by atoms with E-state index in [9.17, 15) is 8.42 Å². The lowest BCUT2D eigenvalue weighted by atomic mass is 10.4. The van der Waals surface area contributed by atoms with Crippen LogP contribution < -0.4 is 4.72 Å². The summed E-state index contributed by atoms with van der Waals surface area (Å²) in [6.07, 6.45) is 1.50. The van der Waals surface area contributed by atoms with Gasteiger partial charge in [0.25, 0.3) is 0 Å². The Labute approximate surface area is 80.8 Å². The predicted octanol–water partition coefficient (Wildman–Crippen LogP) is -0.945. The molecule has 1 aromatic heterocycles. The molecule has 7 nitrogen and oxygen atoms in total. The maximum Gasteiger partial charge on any atom is 0.225 e. The zero-order valence-corrected chi connectivity index (χ0v) is 7.99. The Morgan fingerprint density at radius 1 is 1.64 bits per heavy atom. The molecule has 0 radical (unpaired) electrons. The van der Waals surface area contributed by atoms with Crippen LogP contribution in [0.1, 0.15) is 5.82 Å². The molecule has 0 fully saturated rings. The van der Waals surface area contributed by atoms with Gasteiger partial charge in [0.05, 0.1) is 6.07 Å². The first-order chi connectivity index (χ1) is 6.64. The van der Waals surface area contributed by atoms with Crippen molar-refractivity contribution in [2.24, 2.45) is 0 Å². The minimum absolute atomic E-state index is 0.156. The summed E-state index contributed by atoms with van der Waals surface area (Å²) in [6, 6.07) is 1.55. The van der Waals surface area contributed by atoms with Gasteiger partial charge in [-0.3, -0.25) is 0 Å². The molecule has 1 N–H and O–H groups in total. The van der Waals surface area contributed by atoms with Gasteiger partial charge in [-0.1, -0.05) is 5.16 Å². The summed E-state index contributed by atoms with van der Waals surface area (Å²) >= 11 is 0. The summed E-state index contributed by atoms with van der Waals surface area (Å²) in [4.78, 5) is 3.70. The van der Waals surface area contributed by atoms with Gasteiger partial charge >= 0.3 is 0 Å². The highest BCUT2D eigenvalue weighted by atomic mass is 32.2. The molecule has 76 valence electrons. The van der Waals surface area contributed by atoms with Crippen molar-refractivity contribution in [3.05, 3.63) is 12.2 Å². The molecule has 1 rings (SSSR count). The van der Waals surface area contributed by atoms with E-state index in [-0.39, 0.29) is 6.54 Å². The Kier molecular flexibility index (Phi) is 3.55. The highest BCUT2D eigenvalue weighted by molar-refractivity contribution is 7.89. The molecule has 0 bridgehead atoms. The fourth-order valence-corrected chi connectivity index (χ4v) is 1.44. The quantitative estimate of drug-likeness (QED) is 0.680. The first kappa shape index (κ1) is 10.6. The SMILES string of the molecule is N#CCS(=O)(=O)NCCc1ncon1. The van der Waals surface area contributed by atoms with E-state index in [1.807, 2.05) is 0 Å². The van der Waals surface area contributed by atoms with Crippen LogP contribution in [0.25, 0.3) is 0 Å². The molecule has 0 atom stereocenters. The summed E-state index contributed by atoms with van der Waals surface area (Å²) in [5.41, 5.74) is 0. The number of sulfonamides is 1. The van der Waals surface area contributed by atoms with Gasteiger partial charge in [-0.2, -0.15) is 10.2 Å². The van der Waals surface area contributed by atoms with Crippen LogP contribution in [0.5, 0.6) is 0 Å². The van der Waals surface area contributed by atoms with Crippen molar-refractivity contribution in [2.75, 3.05) is 12.3 Å². The van der Waals surface area contributed by atoms with Gasteiger partial charge in [0.15, 0.2) is 11.6 Å². The van der Waals surface area contributed by atoms with Gasteiger partial charge in [0.2, 0.25) is 16.4 Å². The van der Waals surface area contributed by atoms with E-state index in [4.69, 9.17) is 5.26 Å². The molecule has 0 aliphatic carbocycles. The summed E-state index contributed by atoms with van der Waals surface area (Å²) in [5, 5.41) is 11.7. The van der Waals surface area contributed by atoms with Crippen molar-refractivity contribution in [1.29, 1.82) is 5.26 Å². The van der Waals surface area contributed by atoms with Gasteiger partial charge in [-0.25, -0.2) is 13.1 Å². The van der Waals surface area contributed by atoms with E-state index in [1.165, 1.54) is 6.39 Å². The van der Waals surface area contributed by atoms with E-state index < -0.39 is 15.8 Å². The van der Waals surface area contributed by atoms with Gasteiger partial charge in [-0.05, 0) is 0 Å². The second-order valence-corrected chi connectivity index (χ2v) is 4.22. The third-order valence-electron chi connectivity index (χ3n) is 1.33. The van der Waals surface area contributed by atoms with Crippen LogP contribution in [0.15, 0.2) is 10.9 Å². The number of nitriles is 1. The van der Waals surface area contributed by atoms with Crippen LogP contribution >= 0.6 is 0 Å². The highest BCUT2D eigenvalue weighted by Crippen LogP contribution is 1.89. The minimum Gasteiger partial charge on any atom is -0.343 e. The smallest absolute Gasteiger partial charge is 0.225 e. The number of hydrogen-bond donors (Lipinski definition) is 1. The Bertz CT molecular complexity index is 405. The number of rotatable bonds is 5. The van der Waals surface area contributed by atoms with Crippen molar-refractivity contribution in [3.8, 4) is 6.07 Å². The van der Waals surface area contributed by atoms with Crippen LogP contribution in [0.3, 0.4) is 0 Å². The topological polar surface area (TPSA) is 109 Å². The van der Waals surface area contributed by atoms with E-state index in [1.54, 1.807) is 6.07 Å². The van der Waals surface area contributed by atoms with Crippen LogP contribution in [0.4, 0.5) is 0 Å². The molecular weight excluding hydrogens is 208 g/mol. The summed E-state index contributed by atoms with van der Waals surface area (Å²) in [7, 11) is -3.48. The lowest BCUT2D eigenvalue weighted by Gasteiger charge is -1.99. The van der Waals surface area contributed by atoms with Crippen molar-refractivity contribution >= 4 is 10.0 Å². The van der Waals surface area contributed by atoms with Crippen molar-refractivity contribution in [1.82, 2.24) is 14.9 Å². The number of nitrogens with one attached hydrogen (secondary N) is 1. The molecule has 0 aromatic carbocycles. The van der Waals surface area contributed by atoms with Crippen LogP contribution in [-0.4, -0.2) is 30.9 Å². The monoisotopic (exact) mass is 216 g/mol. The normalized spacial score (nSPS) is 11.1. The number of nitrogens with zero attached hydrogens (tertiary/aromatic N) is 3. The molecule has 0 aliphatic rings. The third-order valence-corrected chi connectivity index (χ3v) is 2.49. The van der Waals surface area contributed by atoms with Crippen LogP contribution in [-0.2, 0) is 16.4 Å². The minimum atomic E-state index is -3.48. The highest BCUT2D eigenvalue weighted by Gasteiger charge is 2.08. The second kappa shape index (κ2) is 4.69. The summed E-state index contributed by atoms with van der Waals surface area (Å²) in [5.74, 6) is -0.121. The molecule has 0 unspecified atom stereocenters. The number of hydrogen-bond acceptors (Lipinski definition) is 6. The van der Waals surface area contributed by atoms with Gasteiger partial charge in [0.1, 0.15) is 0 Å². The third kappa shape index (κ3) is 3.51. The van der Waals surface area contributed by atoms with Crippen molar-refractivity contribution in [2.45, 2.75) is 6.42 Å². The molecule has 1 heterocycles. The lowest BCUT2D eigenvalue weighted by molar-refractivity contribution is 0.410. The summed E-state index contributed by atoms with van der Waals surface area (Å²) in [6.45, 7) is 0.156. The van der Waals surface area contributed by atoms with Crippen molar-refractivity contribution < 1.29 is 12.9 Å². The predicted molar refractivity (Wildman–Crippen MR) is 45.4 cm³/mol. The van der Waals surface area contributed by atoms with Gasteiger partial charge in [-0.15, -0.1) is 0 Å². The van der Waals surface area contributed by atoms with Crippen LogP contribution in [0, 0.1) is 11.3 Å². The molecule has 0 aliphatic heterocycles. The lowest BCUT2D eigenvalue weighted by Crippen LogP contribution is -2.28. The van der Waals surface area contributed by atoms with E-state index >= 15 is 0 Å². The summed E-state index contributed by atoms with van der Waals surface area (Å²) < 4.78 is 28.6. The number of aromatic nitrogens is 2. The average Bonchev–Trinajstić information content (AvgIpc) is 2.56. The average molecular weight is 216 g/mol. The second-order valence-electron chi connectivity index (χ2n) is 2.41. The molecular formula is C6H8N4O3S. The first-order valence-electron chi connectivity index (χ1n) is 3.73. The molecule has 0 saturated carbocycles. The fourth-order valence-electron chi connectivity index (χ4n) is 0.757. The largest absolute Gasteiger partial charge is 0.343 e. The zero-order valence-electron chi connectivity index (χ0n) is 7.17. The zero-order chi connectivity index (χ0) is 10.4. The molecule has 1 aromatic rings. The molecule has 0 saturated heterocycles. The maximum atomic E-state index is 11.0. The molecule has 0 spiro atoms. The first-order valence-corrected chi connectivity index (χ1v) is 5.39.